The first-order valence-electron chi connectivity index (χ1n) is 7.21. The van der Waals surface area contributed by atoms with Crippen molar-refractivity contribution in [3.63, 3.8) is 0 Å². The largest absolute Gasteiger partial charge is 0.366 e. The van der Waals surface area contributed by atoms with Gasteiger partial charge < -0.3 is 5.73 Å². The molecule has 1 amide bonds. The Balaban J connectivity index is 1.56. The van der Waals surface area contributed by atoms with E-state index in [4.69, 9.17) is 5.73 Å². The van der Waals surface area contributed by atoms with E-state index in [0.717, 1.165) is 20.8 Å². The summed E-state index contributed by atoms with van der Waals surface area (Å²) < 4.78 is 1.13. The predicted molar refractivity (Wildman–Crippen MR) is 90.5 cm³/mol. The number of tetrazole rings is 1. The van der Waals surface area contributed by atoms with Gasteiger partial charge in [-0.2, -0.15) is 4.80 Å². The molecule has 0 spiro atoms. The molecule has 0 saturated carbocycles. The maximum atomic E-state index is 11.1. The number of hydrogen-bond acceptors (Lipinski definition) is 6. The molecule has 2 aromatic heterocycles. The Bertz CT molecular complexity index is 987. The van der Waals surface area contributed by atoms with E-state index in [0.29, 0.717) is 17.9 Å². The van der Waals surface area contributed by atoms with E-state index < -0.39 is 5.91 Å². The van der Waals surface area contributed by atoms with E-state index in [9.17, 15) is 4.79 Å². The zero-order valence-corrected chi connectivity index (χ0v) is 13.3. The lowest BCUT2D eigenvalue weighted by atomic mass is 10.1. The fourth-order valence-electron chi connectivity index (χ4n) is 2.32. The standard InChI is InChI=1S/C16H12N6OS/c17-15(23)10-5-7-11(8-6-10)16-19-21-22(20-16)9-14-18-12-3-1-2-4-13(12)24-14/h1-8H,9H2,(H2,17,23). The zero-order chi connectivity index (χ0) is 16.5. The molecule has 0 radical (unpaired) electrons. The highest BCUT2D eigenvalue weighted by atomic mass is 32.1. The number of carbonyl (C=O) groups is 1. The van der Waals surface area contributed by atoms with Crippen LogP contribution in [0, 0.1) is 0 Å². The molecule has 7 nitrogen and oxygen atoms in total. The summed E-state index contributed by atoms with van der Waals surface area (Å²) in [7, 11) is 0. The first-order valence-corrected chi connectivity index (χ1v) is 8.03. The van der Waals surface area contributed by atoms with Crippen molar-refractivity contribution in [2.24, 2.45) is 5.73 Å². The van der Waals surface area contributed by atoms with Gasteiger partial charge in [-0.1, -0.05) is 24.3 Å². The Morgan fingerprint density at radius 1 is 1.12 bits per heavy atom. The number of rotatable bonds is 4. The second kappa shape index (κ2) is 5.82. The molecule has 118 valence electrons. The molecule has 4 rings (SSSR count). The SMILES string of the molecule is NC(=O)c1ccc(-c2nnn(Cc3nc4ccccc4s3)n2)cc1. The maximum absolute atomic E-state index is 11.1. The minimum absolute atomic E-state index is 0.445. The number of fused-ring (bicyclic) bond motifs is 1. The number of para-hydroxylation sites is 1. The van der Waals surface area contributed by atoms with Gasteiger partial charge in [-0.15, -0.1) is 21.5 Å². The fraction of sp³-hybridized carbons (Fsp3) is 0.0625. The lowest BCUT2D eigenvalue weighted by Crippen LogP contribution is -2.10. The van der Waals surface area contributed by atoms with Gasteiger partial charge in [0.1, 0.15) is 11.6 Å². The molecule has 0 bridgehead atoms. The third-order valence-corrected chi connectivity index (χ3v) is 4.52. The predicted octanol–water partition coefficient (Wildman–Crippen LogP) is 2.10. The highest BCUT2D eigenvalue weighted by molar-refractivity contribution is 7.18. The van der Waals surface area contributed by atoms with Crippen LogP contribution >= 0.6 is 11.3 Å². The van der Waals surface area contributed by atoms with Crippen molar-refractivity contribution in [2.45, 2.75) is 6.54 Å². The lowest BCUT2D eigenvalue weighted by Gasteiger charge is -1.97. The highest BCUT2D eigenvalue weighted by Crippen LogP contribution is 2.22. The van der Waals surface area contributed by atoms with Crippen LogP contribution in [0.25, 0.3) is 21.6 Å². The van der Waals surface area contributed by atoms with E-state index in [2.05, 4.69) is 20.4 Å². The molecule has 0 fully saturated rings. The summed E-state index contributed by atoms with van der Waals surface area (Å²) >= 11 is 1.61. The molecule has 0 aliphatic rings. The van der Waals surface area contributed by atoms with Gasteiger partial charge in [0.25, 0.3) is 0 Å². The summed E-state index contributed by atoms with van der Waals surface area (Å²) in [5, 5.41) is 13.4. The van der Waals surface area contributed by atoms with Crippen molar-refractivity contribution in [3.8, 4) is 11.4 Å². The minimum atomic E-state index is -0.464. The van der Waals surface area contributed by atoms with Crippen molar-refractivity contribution in [3.05, 3.63) is 59.1 Å². The molecule has 2 aromatic carbocycles. The molecule has 2 N–H and O–H groups in total. The molecule has 0 aliphatic carbocycles. The summed E-state index contributed by atoms with van der Waals surface area (Å²) in [4.78, 5) is 17.2. The number of amides is 1. The van der Waals surface area contributed by atoms with Crippen LogP contribution < -0.4 is 5.73 Å². The van der Waals surface area contributed by atoms with E-state index >= 15 is 0 Å². The Morgan fingerprint density at radius 2 is 1.92 bits per heavy atom. The first kappa shape index (κ1) is 14.5. The van der Waals surface area contributed by atoms with Crippen LogP contribution in [0.4, 0.5) is 0 Å². The fourth-order valence-corrected chi connectivity index (χ4v) is 3.26. The van der Waals surface area contributed by atoms with E-state index in [1.807, 2.05) is 24.3 Å². The van der Waals surface area contributed by atoms with Crippen LogP contribution in [0.2, 0.25) is 0 Å². The molecule has 0 aliphatic heterocycles. The third-order valence-electron chi connectivity index (χ3n) is 3.50. The van der Waals surface area contributed by atoms with Crippen LogP contribution in [0.5, 0.6) is 0 Å². The van der Waals surface area contributed by atoms with Crippen molar-refractivity contribution >= 4 is 27.5 Å². The average Bonchev–Trinajstić information content (AvgIpc) is 3.21. The molecule has 24 heavy (non-hydrogen) atoms. The van der Waals surface area contributed by atoms with Gasteiger partial charge >= 0.3 is 0 Å². The number of hydrogen-bond donors (Lipinski definition) is 1. The summed E-state index contributed by atoms with van der Waals surface area (Å²) in [6.45, 7) is 0.464. The van der Waals surface area contributed by atoms with Crippen molar-refractivity contribution < 1.29 is 4.79 Å². The van der Waals surface area contributed by atoms with Gasteiger partial charge in [-0.05, 0) is 29.5 Å². The smallest absolute Gasteiger partial charge is 0.248 e. The highest BCUT2D eigenvalue weighted by Gasteiger charge is 2.10. The zero-order valence-electron chi connectivity index (χ0n) is 12.5. The number of carbonyl (C=O) groups excluding carboxylic acids is 1. The number of primary amides is 1. The normalized spacial score (nSPS) is 11.0. The van der Waals surface area contributed by atoms with Gasteiger partial charge in [0.05, 0.1) is 10.2 Å². The lowest BCUT2D eigenvalue weighted by molar-refractivity contribution is 0.100. The topological polar surface area (TPSA) is 99.6 Å². The van der Waals surface area contributed by atoms with Gasteiger partial charge in [0, 0.05) is 11.1 Å². The summed E-state index contributed by atoms with van der Waals surface area (Å²) in [5.74, 6) is 0.0288. The van der Waals surface area contributed by atoms with Crippen molar-refractivity contribution in [1.29, 1.82) is 0 Å². The van der Waals surface area contributed by atoms with Crippen LogP contribution in [-0.2, 0) is 6.54 Å². The second-order valence-corrected chi connectivity index (χ2v) is 6.28. The van der Waals surface area contributed by atoms with E-state index in [1.54, 1.807) is 35.6 Å². The number of benzene rings is 2. The van der Waals surface area contributed by atoms with Gasteiger partial charge in [0.2, 0.25) is 11.7 Å². The summed E-state index contributed by atoms with van der Waals surface area (Å²) in [5.41, 5.74) is 7.42. The first-order chi connectivity index (χ1) is 11.7. The number of nitrogens with zero attached hydrogens (tertiary/aromatic N) is 5. The summed E-state index contributed by atoms with van der Waals surface area (Å²) in [6, 6.07) is 14.8. The second-order valence-electron chi connectivity index (χ2n) is 5.16. The molecular weight excluding hydrogens is 324 g/mol. The maximum Gasteiger partial charge on any atom is 0.248 e. The van der Waals surface area contributed by atoms with E-state index in [-0.39, 0.29) is 0 Å². The van der Waals surface area contributed by atoms with Gasteiger partial charge in [-0.3, -0.25) is 4.79 Å². The Labute approximate surface area is 140 Å². The van der Waals surface area contributed by atoms with Gasteiger partial charge in [-0.25, -0.2) is 4.98 Å². The van der Waals surface area contributed by atoms with Crippen LogP contribution in [-0.4, -0.2) is 31.1 Å². The number of nitrogens with two attached hydrogens (primary N) is 1. The van der Waals surface area contributed by atoms with E-state index in [1.165, 1.54) is 4.80 Å². The Morgan fingerprint density at radius 3 is 2.67 bits per heavy atom. The van der Waals surface area contributed by atoms with Gasteiger partial charge in [0.15, 0.2) is 0 Å². The molecule has 0 unspecified atom stereocenters. The molecular formula is C16H12N6OS. The van der Waals surface area contributed by atoms with Crippen molar-refractivity contribution in [2.75, 3.05) is 0 Å². The number of aromatic nitrogens is 5. The molecule has 8 heteroatoms. The Hall–Kier alpha value is -3.13. The molecule has 0 atom stereocenters. The summed E-state index contributed by atoms with van der Waals surface area (Å²) in [6.07, 6.45) is 0. The molecule has 0 saturated heterocycles. The van der Waals surface area contributed by atoms with Crippen molar-refractivity contribution in [1.82, 2.24) is 25.2 Å². The molecule has 4 aromatic rings. The quantitative estimate of drug-likeness (QED) is 0.615. The minimum Gasteiger partial charge on any atom is -0.366 e. The number of thiazole rings is 1. The average molecular weight is 336 g/mol. The Kier molecular flexibility index (Phi) is 3.51. The van der Waals surface area contributed by atoms with Crippen LogP contribution in [0.15, 0.2) is 48.5 Å². The van der Waals surface area contributed by atoms with Crippen LogP contribution in [0.3, 0.4) is 0 Å². The van der Waals surface area contributed by atoms with Crippen LogP contribution in [0.1, 0.15) is 15.4 Å². The molecule has 2 heterocycles. The third kappa shape index (κ3) is 2.74. The monoisotopic (exact) mass is 336 g/mol.